The number of carbonyl (C=O) groups is 3. The molecule has 0 saturated heterocycles. The molecule has 0 spiro atoms. The normalized spacial score (nSPS) is 12.1. The Labute approximate surface area is 114 Å². The molecule has 0 radical (unpaired) electrons. The third-order valence-electron chi connectivity index (χ3n) is 2.98. The first kappa shape index (κ1) is 17.4. The van der Waals surface area contributed by atoms with Crippen molar-refractivity contribution in [1.82, 2.24) is 9.80 Å². The van der Waals surface area contributed by atoms with Crippen molar-refractivity contribution in [3.8, 4) is 0 Å². The lowest BCUT2D eigenvalue weighted by atomic mass is 10.0. The zero-order valence-corrected chi connectivity index (χ0v) is 12.5. The lowest BCUT2D eigenvalue weighted by Gasteiger charge is -2.28. The molecular weight excluding hydrogens is 246 g/mol. The average Bonchev–Trinajstić information content (AvgIpc) is 2.33. The van der Waals surface area contributed by atoms with Gasteiger partial charge in [0.15, 0.2) is 0 Å². The van der Waals surface area contributed by atoms with E-state index in [0.717, 1.165) is 0 Å². The van der Waals surface area contributed by atoms with Gasteiger partial charge in [0, 0.05) is 20.5 Å². The smallest absolute Gasteiger partial charge is 0.242 e. The number of amides is 3. The monoisotopic (exact) mass is 271 g/mol. The average molecular weight is 271 g/mol. The van der Waals surface area contributed by atoms with E-state index in [4.69, 9.17) is 5.73 Å². The number of nitrogens with zero attached hydrogens (tertiary/aromatic N) is 2. The molecule has 3 amide bonds. The maximum absolute atomic E-state index is 12.0. The van der Waals surface area contributed by atoms with Crippen molar-refractivity contribution in [2.24, 2.45) is 11.7 Å². The van der Waals surface area contributed by atoms with Crippen molar-refractivity contribution in [2.75, 3.05) is 20.6 Å². The molecule has 0 heterocycles. The highest BCUT2D eigenvalue weighted by Crippen LogP contribution is 2.10. The Morgan fingerprint density at radius 1 is 1.11 bits per heavy atom. The van der Waals surface area contributed by atoms with Crippen molar-refractivity contribution < 1.29 is 14.4 Å². The largest absolute Gasteiger partial charge is 0.368 e. The summed E-state index contributed by atoms with van der Waals surface area (Å²) in [6, 6.07) is -0.627. The molecule has 19 heavy (non-hydrogen) atoms. The van der Waals surface area contributed by atoms with Crippen LogP contribution in [-0.4, -0.2) is 54.2 Å². The molecule has 1 unspecified atom stereocenters. The zero-order chi connectivity index (χ0) is 15.2. The first-order valence-electron chi connectivity index (χ1n) is 6.49. The minimum Gasteiger partial charge on any atom is -0.368 e. The van der Waals surface area contributed by atoms with Crippen LogP contribution >= 0.6 is 0 Å². The van der Waals surface area contributed by atoms with E-state index in [9.17, 15) is 14.4 Å². The van der Waals surface area contributed by atoms with Crippen LogP contribution in [-0.2, 0) is 14.4 Å². The molecule has 6 heteroatoms. The van der Waals surface area contributed by atoms with Gasteiger partial charge in [0.05, 0.1) is 6.54 Å². The van der Waals surface area contributed by atoms with Crippen LogP contribution in [0, 0.1) is 5.92 Å². The summed E-state index contributed by atoms with van der Waals surface area (Å²) >= 11 is 0. The van der Waals surface area contributed by atoms with E-state index in [1.807, 2.05) is 13.8 Å². The van der Waals surface area contributed by atoms with Gasteiger partial charge < -0.3 is 15.5 Å². The van der Waals surface area contributed by atoms with Gasteiger partial charge in [0.1, 0.15) is 6.04 Å². The summed E-state index contributed by atoms with van der Waals surface area (Å²) in [7, 11) is 3.11. The Kier molecular flexibility index (Phi) is 7.11. The van der Waals surface area contributed by atoms with Crippen molar-refractivity contribution in [3.63, 3.8) is 0 Å². The summed E-state index contributed by atoms with van der Waals surface area (Å²) in [5.74, 6) is -0.660. The van der Waals surface area contributed by atoms with Gasteiger partial charge in [-0.3, -0.25) is 14.4 Å². The number of primary amides is 1. The van der Waals surface area contributed by atoms with Gasteiger partial charge in [0.25, 0.3) is 0 Å². The minimum atomic E-state index is -0.627. The molecule has 0 fully saturated rings. The third-order valence-corrected chi connectivity index (χ3v) is 2.98. The fourth-order valence-corrected chi connectivity index (χ4v) is 1.76. The van der Waals surface area contributed by atoms with Gasteiger partial charge in [0.2, 0.25) is 17.7 Å². The van der Waals surface area contributed by atoms with E-state index in [2.05, 4.69) is 0 Å². The molecule has 0 aliphatic heterocycles. The van der Waals surface area contributed by atoms with Gasteiger partial charge in [-0.05, 0) is 12.3 Å². The lowest BCUT2D eigenvalue weighted by molar-refractivity contribution is -0.142. The van der Waals surface area contributed by atoms with E-state index in [1.165, 1.54) is 9.80 Å². The summed E-state index contributed by atoms with van der Waals surface area (Å²) in [6.07, 6.45) is 0.863. The van der Waals surface area contributed by atoms with Crippen LogP contribution in [0.3, 0.4) is 0 Å². The molecule has 0 aromatic rings. The van der Waals surface area contributed by atoms with Crippen molar-refractivity contribution in [2.45, 2.75) is 39.7 Å². The highest BCUT2D eigenvalue weighted by atomic mass is 16.2. The summed E-state index contributed by atoms with van der Waals surface area (Å²) in [5.41, 5.74) is 5.33. The van der Waals surface area contributed by atoms with Crippen molar-refractivity contribution in [3.05, 3.63) is 0 Å². The maximum Gasteiger partial charge on any atom is 0.242 e. The Morgan fingerprint density at radius 2 is 1.63 bits per heavy atom. The number of likely N-dealkylation sites (N-methyl/N-ethyl adjacent to an activating group) is 2. The molecule has 0 aliphatic carbocycles. The molecule has 1 atom stereocenters. The molecule has 0 aromatic carbocycles. The van der Waals surface area contributed by atoms with Gasteiger partial charge in [-0.25, -0.2) is 0 Å². The van der Waals surface area contributed by atoms with E-state index in [1.54, 1.807) is 21.0 Å². The Morgan fingerprint density at radius 3 is 2.00 bits per heavy atom. The summed E-state index contributed by atoms with van der Waals surface area (Å²) in [4.78, 5) is 37.5. The van der Waals surface area contributed by atoms with Crippen LogP contribution in [0.25, 0.3) is 0 Å². The number of hydrogen-bond acceptors (Lipinski definition) is 3. The fraction of sp³-hybridized carbons (Fsp3) is 0.769. The summed E-state index contributed by atoms with van der Waals surface area (Å²) < 4.78 is 0. The molecule has 2 N–H and O–H groups in total. The van der Waals surface area contributed by atoms with Crippen LogP contribution in [0.15, 0.2) is 0 Å². The highest BCUT2D eigenvalue weighted by Gasteiger charge is 2.26. The fourth-order valence-electron chi connectivity index (χ4n) is 1.76. The van der Waals surface area contributed by atoms with Gasteiger partial charge in [-0.2, -0.15) is 0 Å². The van der Waals surface area contributed by atoms with E-state index >= 15 is 0 Å². The third kappa shape index (κ3) is 5.72. The second-order valence-corrected chi connectivity index (χ2v) is 5.16. The van der Waals surface area contributed by atoms with Crippen LogP contribution < -0.4 is 5.73 Å². The van der Waals surface area contributed by atoms with Crippen LogP contribution in [0.2, 0.25) is 0 Å². The SMILES string of the molecule is CCC(=O)N(C)CC(=O)N(C)C(CC(C)C)C(N)=O. The first-order valence-corrected chi connectivity index (χ1v) is 6.49. The van der Waals surface area contributed by atoms with Gasteiger partial charge in [-0.15, -0.1) is 0 Å². The summed E-state index contributed by atoms with van der Waals surface area (Å²) in [5, 5.41) is 0. The molecule has 0 aromatic heterocycles. The predicted molar refractivity (Wildman–Crippen MR) is 73.1 cm³/mol. The van der Waals surface area contributed by atoms with Crippen molar-refractivity contribution in [1.29, 1.82) is 0 Å². The molecule has 0 rings (SSSR count). The Hall–Kier alpha value is -1.59. The second-order valence-electron chi connectivity index (χ2n) is 5.16. The standard InChI is InChI=1S/C13H25N3O3/c1-6-11(17)15(4)8-12(18)16(5)10(13(14)19)7-9(2)3/h9-10H,6-8H2,1-5H3,(H2,14,19). The Balaban J connectivity index is 4.67. The van der Waals surface area contributed by atoms with Crippen LogP contribution in [0.1, 0.15) is 33.6 Å². The molecule has 0 bridgehead atoms. The first-order chi connectivity index (χ1) is 8.70. The van der Waals surface area contributed by atoms with Gasteiger partial charge in [-0.1, -0.05) is 20.8 Å². The molecular formula is C13H25N3O3. The van der Waals surface area contributed by atoms with E-state index in [-0.39, 0.29) is 24.3 Å². The molecule has 0 saturated carbocycles. The topological polar surface area (TPSA) is 83.7 Å². The maximum atomic E-state index is 12.0. The number of hydrogen-bond donors (Lipinski definition) is 1. The molecule has 110 valence electrons. The minimum absolute atomic E-state index is 0.0367. The number of nitrogens with two attached hydrogens (primary N) is 1. The summed E-state index contributed by atoms with van der Waals surface area (Å²) in [6.45, 7) is 5.62. The lowest BCUT2D eigenvalue weighted by Crippen LogP contribution is -2.49. The van der Waals surface area contributed by atoms with E-state index < -0.39 is 11.9 Å². The number of carbonyl (C=O) groups excluding carboxylic acids is 3. The molecule has 0 aliphatic rings. The van der Waals surface area contributed by atoms with Gasteiger partial charge >= 0.3 is 0 Å². The predicted octanol–water partition coefficient (Wildman–Crippen LogP) is 0.213. The van der Waals surface area contributed by atoms with Crippen LogP contribution in [0.4, 0.5) is 0 Å². The quantitative estimate of drug-likeness (QED) is 0.718. The second kappa shape index (κ2) is 7.76. The van der Waals surface area contributed by atoms with Crippen molar-refractivity contribution >= 4 is 17.7 Å². The Bertz CT molecular complexity index is 342. The number of rotatable bonds is 7. The van der Waals surface area contributed by atoms with Crippen LogP contribution in [0.5, 0.6) is 0 Å². The molecule has 6 nitrogen and oxygen atoms in total. The highest BCUT2D eigenvalue weighted by molar-refractivity contribution is 5.89. The zero-order valence-electron chi connectivity index (χ0n) is 12.5. The van der Waals surface area contributed by atoms with E-state index in [0.29, 0.717) is 12.8 Å².